The second-order valence-electron chi connectivity index (χ2n) is 3.78. The number of aliphatic hydroxyl groups is 1. The predicted octanol–water partition coefficient (Wildman–Crippen LogP) is 2.24. The van der Waals surface area contributed by atoms with Crippen LogP contribution in [0.3, 0.4) is 0 Å². The van der Waals surface area contributed by atoms with Crippen molar-refractivity contribution < 1.29 is 9.84 Å². The zero-order chi connectivity index (χ0) is 10.6. The molecule has 14 heavy (non-hydrogen) atoms. The molecule has 0 fully saturated rings. The number of aryl methyl sites for hydroxylation is 1. The molecule has 1 aromatic rings. The van der Waals surface area contributed by atoms with Crippen LogP contribution in [0.2, 0.25) is 0 Å². The van der Waals surface area contributed by atoms with Crippen molar-refractivity contribution in [1.82, 2.24) is 0 Å². The molecule has 0 radical (unpaired) electrons. The summed E-state index contributed by atoms with van der Waals surface area (Å²) in [7, 11) is 0. The summed E-state index contributed by atoms with van der Waals surface area (Å²) in [5, 5.41) is 10.1. The fraction of sp³-hybridized carbons (Fsp3) is 0.500. The van der Waals surface area contributed by atoms with E-state index in [2.05, 4.69) is 0 Å². The molecule has 0 bridgehead atoms. The number of ether oxygens (including phenoxy) is 1. The van der Waals surface area contributed by atoms with Gasteiger partial charge in [-0.1, -0.05) is 29.8 Å². The minimum Gasteiger partial charge on any atom is -0.383 e. The molecule has 2 heteroatoms. The summed E-state index contributed by atoms with van der Waals surface area (Å²) in [5.41, 5.74) is 1.21. The minimum atomic E-state index is -0.885. The maximum Gasteiger partial charge on any atom is 0.110 e. The molecule has 1 aromatic carbocycles. The number of rotatable bonds is 4. The first-order valence-electron chi connectivity index (χ1n) is 4.93. The Morgan fingerprint density at radius 1 is 1.29 bits per heavy atom. The molecule has 0 aliphatic heterocycles. The van der Waals surface area contributed by atoms with Crippen molar-refractivity contribution >= 4 is 0 Å². The van der Waals surface area contributed by atoms with Gasteiger partial charge in [-0.3, -0.25) is 0 Å². The molecular weight excluding hydrogens is 176 g/mol. The summed E-state index contributed by atoms with van der Waals surface area (Å²) in [5.74, 6) is 0. The van der Waals surface area contributed by atoms with Gasteiger partial charge in [-0.15, -0.1) is 0 Å². The highest BCUT2D eigenvalue weighted by molar-refractivity contribution is 5.25. The lowest BCUT2D eigenvalue weighted by Crippen LogP contribution is -2.27. The zero-order valence-corrected chi connectivity index (χ0v) is 9.08. The second-order valence-corrected chi connectivity index (χ2v) is 3.78. The fourth-order valence-electron chi connectivity index (χ4n) is 1.30. The molecule has 1 N–H and O–H groups in total. The van der Waals surface area contributed by atoms with Crippen molar-refractivity contribution in [1.29, 1.82) is 0 Å². The van der Waals surface area contributed by atoms with Gasteiger partial charge in [0.2, 0.25) is 0 Å². The van der Waals surface area contributed by atoms with E-state index in [-0.39, 0.29) is 0 Å². The van der Waals surface area contributed by atoms with Crippen molar-refractivity contribution in [3.05, 3.63) is 35.4 Å². The van der Waals surface area contributed by atoms with Crippen LogP contribution in [0.4, 0.5) is 0 Å². The molecule has 0 aliphatic rings. The van der Waals surface area contributed by atoms with Gasteiger partial charge in [0.1, 0.15) is 5.60 Å². The predicted molar refractivity (Wildman–Crippen MR) is 57.2 cm³/mol. The van der Waals surface area contributed by atoms with Crippen LogP contribution < -0.4 is 0 Å². The molecule has 1 rings (SSSR count). The molecule has 1 atom stereocenters. The Bertz CT molecular complexity index is 275. The van der Waals surface area contributed by atoms with Crippen molar-refractivity contribution in [2.24, 2.45) is 0 Å². The molecule has 0 spiro atoms. The van der Waals surface area contributed by atoms with E-state index < -0.39 is 5.60 Å². The number of benzene rings is 1. The van der Waals surface area contributed by atoms with Gasteiger partial charge in [-0.25, -0.2) is 0 Å². The highest BCUT2D eigenvalue weighted by atomic mass is 16.5. The van der Waals surface area contributed by atoms with Gasteiger partial charge in [0.25, 0.3) is 0 Å². The van der Waals surface area contributed by atoms with Gasteiger partial charge in [0, 0.05) is 6.61 Å². The molecule has 0 amide bonds. The Morgan fingerprint density at radius 3 is 2.36 bits per heavy atom. The van der Waals surface area contributed by atoms with Crippen LogP contribution in [0.15, 0.2) is 24.3 Å². The van der Waals surface area contributed by atoms with Crippen molar-refractivity contribution in [3.8, 4) is 0 Å². The third-order valence-electron chi connectivity index (χ3n) is 2.26. The lowest BCUT2D eigenvalue weighted by atomic mass is 9.96. The molecule has 78 valence electrons. The SMILES string of the molecule is CCOCC(C)(O)c1ccc(C)cc1. The molecule has 0 saturated carbocycles. The molecular formula is C12H18O2. The first kappa shape index (κ1) is 11.2. The van der Waals surface area contributed by atoms with Gasteiger partial charge in [-0.2, -0.15) is 0 Å². The number of hydrogen-bond donors (Lipinski definition) is 1. The Hall–Kier alpha value is -0.860. The Morgan fingerprint density at radius 2 is 1.86 bits per heavy atom. The van der Waals surface area contributed by atoms with Gasteiger partial charge < -0.3 is 9.84 Å². The molecule has 0 heterocycles. The van der Waals surface area contributed by atoms with Crippen LogP contribution in [0, 0.1) is 6.92 Å². The highest BCUT2D eigenvalue weighted by Crippen LogP contribution is 2.21. The summed E-state index contributed by atoms with van der Waals surface area (Å²) in [6.07, 6.45) is 0. The largest absolute Gasteiger partial charge is 0.383 e. The van der Waals surface area contributed by atoms with E-state index in [0.717, 1.165) is 5.56 Å². The van der Waals surface area contributed by atoms with E-state index in [1.165, 1.54) is 5.56 Å². The minimum absolute atomic E-state index is 0.340. The molecule has 0 aromatic heterocycles. The smallest absolute Gasteiger partial charge is 0.110 e. The van der Waals surface area contributed by atoms with Crippen molar-refractivity contribution in [3.63, 3.8) is 0 Å². The van der Waals surface area contributed by atoms with E-state index in [0.29, 0.717) is 13.2 Å². The van der Waals surface area contributed by atoms with E-state index >= 15 is 0 Å². The first-order valence-corrected chi connectivity index (χ1v) is 4.93. The van der Waals surface area contributed by atoms with Gasteiger partial charge >= 0.3 is 0 Å². The third-order valence-corrected chi connectivity index (χ3v) is 2.26. The van der Waals surface area contributed by atoms with Crippen LogP contribution >= 0.6 is 0 Å². The quantitative estimate of drug-likeness (QED) is 0.796. The first-order chi connectivity index (χ1) is 6.56. The molecule has 0 aliphatic carbocycles. The van der Waals surface area contributed by atoms with Crippen molar-refractivity contribution in [2.45, 2.75) is 26.4 Å². The van der Waals surface area contributed by atoms with Crippen molar-refractivity contribution in [2.75, 3.05) is 13.2 Å². The average molecular weight is 194 g/mol. The van der Waals surface area contributed by atoms with Gasteiger partial charge in [-0.05, 0) is 26.3 Å². The fourth-order valence-corrected chi connectivity index (χ4v) is 1.30. The van der Waals surface area contributed by atoms with E-state index in [9.17, 15) is 5.11 Å². The van der Waals surface area contributed by atoms with Gasteiger partial charge in [0.15, 0.2) is 0 Å². The molecule has 1 unspecified atom stereocenters. The Balaban J connectivity index is 2.75. The maximum absolute atomic E-state index is 10.1. The van der Waals surface area contributed by atoms with E-state index in [1.54, 1.807) is 6.92 Å². The standard InChI is InChI=1S/C12H18O2/c1-4-14-9-12(3,13)11-7-5-10(2)6-8-11/h5-8,13H,4,9H2,1-3H3. The van der Waals surface area contributed by atoms with Gasteiger partial charge in [0.05, 0.1) is 6.61 Å². The lowest BCUT2D eigenvalue weighted by Gasteiger charge is -2.23. The summed E-state index contributed by atoms with van der Waals surface area (Å²) < 4.78 is 5.23. The lowest BCUT2D eigenvalue weighted by molar-refractivity contribution is -0.0343. The second kappa shape index (κ2) is 4.58. The topological polar surface area (TPSA) is 29.5 Å². The van der Waals surface area contributed by atoms with E-state index in [4.69, 9.17) is 4.74 Å². The van der Waals surface area contributed by atoms with Crippen LogP contribution in [0.25, 0.3) is 0 Å². The zero-order valence-electron chi connectivity index (χ0n) is 9.08. The number of hydrogen-bond acceptors (Lipinski definition) is 2. The molecule has 0 saturated heterocycles. The Kier molecular flexibility index (Phi) is 3.67. The normalized spacial score (nSPS) is 15.1. The van der Waals surface area contributed by atoms with Crippen LogP contribution in [-0.4, -0.2) is 18.3 Å². The highest BCUT2D eigenvalue weighted by Gasteiger charge is 2.22. The van der Waals surface area contributed by atoms with E-state index in [1.807, 2.05) is 38.1 Å². The Labute approximate surface area is 85.5 Å². The summed E-state index contributed by atoms with van der Waals surface area (Å²) in [4.78, 5) is 0. The average Bonchev–Trinajstić information content (AvgIpc) is 2.16. The summed E-state index contributed by atoms with van der Waals surface area (Å²) in [6, 6.07) is 7.87. The van der Waals surface area contributed by atoms with Crippen LogP contribution in [0.5, 0.6) is 0 Å². The van der Waals surface area contributed by atoms with Crippen LogP contribution in [-0.2, 0) is 10.3 Å². The summed E-state index contributed by atoms with van der Waals surface area (Å²) >= 11 is 0. The molecule has 2 nitrogen and oxygen atoms in total. The maximum atomic E-state index is 10.1. The van der Waals surface area contributed by atoms with Crippen LogP contribution in [0.1, 0.15) is 25.0 Å². The third kappa shape index (κ3) is 2.82. The summed E-state index contributed by atoms with van der Waals surface area (Å²) in [6.45, 7) is 6.69. The monoisotopic (exact) mass is 194 g/mol.